The third-order valence-electron chi connectivity index (χ3n) is 2.09. The lowest BCUT2D eigenvalue weighted by Gasteiger charge is -2.00. The highest BCUT2D eigenvalue weighted by Crippen LogP contribution is 2.13. The first kappa shape index (κ1) is 13.8. The molecule has 0 bridgehead atoms. The van der Waals surface area contributed by atoms with Gasteiger partial charge in [-0.05, 0) is 30.7 Å². The SMILES string of the molecule is COc1cccc(C=CCON=C(C)C(=O)O)c1. The topological polar surface area (TPSA) is 68.1 Å². The summed E-state index contributed by atoms with van der Waals surface area (Å²) >= 11 is 0. The number of ether oxygens (including phenoxy) is 1. The van der Waals surface area contributed by atoms with Gasteiger partial charge in [0, 0.05) is 0 Å². The summed E-state index contributed by atoms with van der Waals surface area (Å²) in [6.45, 7) is 1.58. The van der Waals surface area contributed by atoms with Gasteiger partial charge < -0.3 is 14.7 Å². The maximum absolute atomic E-state index is 10.4. The number of aliphatic carboxylic acids is 1. The second-order valence-electron chi connectivity index (χ2n) is 3.46. The molecule has 0 saturated heterocycles. The van der Waals surface area contributed by atoms with Crippen LogP contribution >= 0.6 is 0 Å². The van der Waals surface area contributed by atoms with Gasteiger partial charge in [0.25, 0.3) is 0 Å². The van der Waals surface area contributed by atoms with Gasteiger partial charge in [0.2, 0.25) is 0 Å². The minimum Gasteiger partial charge on any atom is -0.497 e. The molecule has 5 nitrogen and oxygen atoms in total. The zero-order chi connectivity index (χ0) is 13.4. The molecule has 0 fully saturated rings. The molecule has 1 N–H and O–H groups in total. The summed E-state index contributed by atoms with van der Waals surface area (Å²) in [6, 6.07) is 7.54. The van der Waals surface area contributed by atoms with E-state index in [-0.39, 0.29) is 12.3 Å². The van der Waals surface area contributed by atoms with Crippen molar-refractivity contribution < 1.29 is 19.5 Å². The predicted octanol–water partition coefficient (Wildman–Crippen LogP) is 2.19. The average Bonchev–Trinajstić information content (AvgIpc) is 2.38. The zero-order valence-electron chi connectivity index (χ0n) is 10.3. The van der Waals surface area contributed by atoms with E-state index in [2.05, 4.69) is 5.16 Å². The van der Waals surface area contributed by atoms with Gasteiger partial charge in [-0.1, -0.05) is 23.4 Å². The van der Waals surface area contributed by atoms with E-state index < -0.39 is 5.97 Å². The summed E-state index contributed by atoms with van der Waals surface area (Å²) in [5.74, 6) is -0.315. The Morgan fingerprint density at radius 3 is 2.94 bits per heavy atom. The van der Waals surface area contributed by atoms with Gasteiger partial charge >= 0.3 is 5.97 Å². The highest BCUT2D eigenvalue weighted by atomic mass is 16.6. The van der Waals surface area contributed by atoms with Crippen LogP contribution in [0.3, 0.4) is 0 Å². The molecule has 0 heterocycles. The van der Waals surface area contributed by atoms with Crippen LogP contribution in [0.25, 0.3) is 6.08 Å². The second-order valence-corrected chi connectivity index (χ2v) is 3.46. The van der Waals surface area contributed by atoms with Crippen molar-refractivity contribution in [3.05, 3.63) is 35.9 Å². The summed E-state index contributed by atoms with van der Waals surface area (Å²) in [5.41, 5.74) is 0.890. The monoisotopic (exact) mass is 249 g/mol. The van der Waals surface area contributed by atoms with Gasteiger partial charge in [-0.2, -0.15) is 0 Å². The third-order valence-corrected chi connectivity index (χ3v) is 2.09. The van der Waals surface area contributed by atoms with Gasteiger partial charge in [-0.3, -0.25) is 0 Å². The van der Waals surface area contributed by atoms with Gasteiger partial charge in [-0.25, -0.2) is 4.79 Å². The van der Waals surface area contributed by atoms with Gasteiger partial charge in [0.15, 0.2) is 5.71 Å². The molecule has 96 valence electrons. The second kappa shape index (κ2) is 7.11. The number of carboxylic acids is 1. The van der Waals surface area contributed by atoms with Crippen molar-refractivity contribution in [2.45, 2.75) is 6.92 Å². The Morgan fingerprint density at radius 1 is 1.50 bits per heavy atom. The Balaban J connectivity index is 2.45. The van der Waals surface area contributed by atoms with Gasteiger partial charge in [0.05, 0.1) is 7.11 Å². The van der Waals surface area contributed by atoms with E-state index in [1.807, 2.05) is 30.3 Å². The van der Waals surface area contributed by atoms with Crippen molar-refractivity contribution in [2.24, 2.45) is 5.16 Å². The van der Waals surface area contributed by atoms with E-state index in [0.717, 1.165) is 11.3 Å². The normalized spacial score (nSPS) is 11.6. The molecular weight excluding hydrogens is 234 g/mol. The lowest BCUT2D eigenvalue weighted by Crippen LogP contribution is -2.08. The minimum absolute atomic E-state index is 0.0789. The molecule has 0 aliphatic carbocycles. The van der Waals surface area contributed by atoms with E-state index in [1.54, 1.807) is 13.2 Å². The number of oxime groups is 1. The molecule has 0 aromatic heterocycles. The van der Waals surface area contributed by atoms with Crippen LogP contribution in [0, 0.1) is 0 Å². The lowest BCUT2D eigenvalue weighted by molar-refractivity contribution is -0.129. The molecule has 1 aromatic carbocycles. The lowest BCUT2D eigenvalue weighted by atomic mass is 10.2. The third kappa shape index (κ3) is 4.69. The number of methoxy groups -OCH3 is 1. The van der Waals surface area contributed by atoms with Crippen LogP contribution in [-0.4, -0.2) is 30.5 Å². The minimum atomic E-state index is -1.09. The van der Waals surface area contributed by atoms with Crippen LogP contribution in [-0.2, 0) is 9.63 Å². The molecule has 0 spiro atoms. The zero-order valence-corrected chi connectivity index (χ0v) is 10.3. The number of benzene rings is 1. The van der Waals surface area contributed by atoms with Crippen LogP contribution in [0.1, 0.15) is 12.5 Å². The molecule has 0 radical (unpaired) electrons. The number of carboxylic acid groups (broad SMARTS) is 1. The van der Waals surface area contributed by atoms with Crippen molar-refractivity contribution in [2.75, 3.05) is 13.7 Å². The smallest absolute Gasteiger partial charge is 0.353 e. The van der Waals surface area contributed by atoms with E-state index in [1.165, 1.54) is 6.92 Å². The molecule has 0 saturated carbocycles. The fourth-order valence-electron chi connectivity index (χ4n) is 1.15. The summed E-state index contributed by atoms with van der Waals surface area (Å²) in [4.78, 5) is 15.2. The molecule has 18 heavy (non-hydrogen) atoms. The highest BCUT2D eigenvalue weighted by molar-refractivity contribution is 6.34. The summed E-state index contributed by atoms with van der Waals surface area (Å²) < 4.78 is 5.09. The molecule has 1 rings (SSSR count). The van der Waals surface area contributed by atoms with Crippen molar-refractivity contribution in [1.82, 2.24) is 0 Å². The van der Waals surface area contributed by atoms with E-state index >= 15 is 0 Å². The van der Waals surface area contributed by atoms with E-state index in [4.69, 9.17) is 14.7 Å². The maximum Gasteiger partial charge on any atom is 0.353 e. The standard InChI is InChI=1S/C13H15NO4/c1-10(13(15)16)14-18-8-4-6-11-5-3-7-12(9-11)17-2/h3-7,9H,8H2,1-2H3,(H,15,16). The average molecular weight is 249 g/mol. The van der Waals surface area contributed by atoms with Crippen LogP contribution in [0.4, 0.5) is 0 Å². The summed E-state index contributed by atoms with van der Waals surface area (Å²) in [5, 5.41) is 12.0. The summed E-state index contributed by atoms with van der Waals surface area (Å²) in [7, 11) is 1.61. The molecule has 0 aliphatic heterocycles. The largest absolute Gasteiger partial charge is 0.497 e. The van der Waals surface area contributed by atoms with Crippen LogP contribution in [0.15, 0.2) is 35.5 Å². The first-order valence-corrected chi connectivity index (χ1v) is 5.34. The number of hydrogen-bond acceptors (Lipinski definition) is 4. The Bertz CT molecular complexity index is 466. The Hall–Kier alpha value is -2.30. The summed E-state index contributed by atoms with van der Waals surface area (Å²) in [6.07, 6.45) is 3.58. The van der Waals surface area contributed by atoms with Crippen molar-refractivity contribution in [3.8, 4) is 5.75 Å². The molecule has 1 aromatic rings. The van der Waals surface area contributed by atoms with Crippen molar-refractivity contribution in [1.29, 1.82) is 0 Å². The van der Waals surface area contributed by atoms with E-state index in [0.29, 0.717) is 0 Å². The molecule has 5 heteroatoms. The molecule has 0 aliphatic rings. The molecule has 0 unspecified atom stereocenters. The number of hydrogen-bond donors (Lipinski definition) is 1. The van der Waals surface area contributed by atoms with Crippen molar-refractivity contribution in [3.63, 3.8) is 0 Å². The van der Waals surface area contributed by atoms with Gasteiger partial charge in [0.1, 0.15) is 12.4 Å². The quantitative estimate of drug-likeness (QED) is 0.476. The van der Waals surface area contributed by atoms with Gasteiger partial charge in [-0.15, -0.1) is 0 Å². The number of nitrogens with zero attached hydrogens (tertiary/aromatic N) is 1. The fourth-order valence-corrected chi connectivity index (χ4v) is 1.15. The maximum atomic E-state index is 10.4. The van der Waals surface area contributed by atoms with Crippen LogP contribution < -0.4 is 4.74 Å². The fraction of sp³-hybridized carbons (Fsp3) is 0.231. The van der Waals surface area contributed by atoms with Crippen LogP contribution in [0.2, 0.25) is 0 Å². The Labute approximate surface area is 105 Å². The molecule has 0 atom stereocenters. The highest BCUT2D eigenvalue weighted by Gasteiger charge is 2.00. The Morgan fingerprint density at radius 2 is 2.28 bits per heavy atom. The number of carbonyl (C=O) groups is 1. The van der Waals surface area contributed by atoms with E-state index in [9.17, 15) is 4.79 Å². The molecular formula is C13H15NO4. The predicted molar refractivity (Wildman–Crippen MR) is 68.7 cm³/mol. The van der Waals surface area contributed by atoms with Crippen molar-refractivity contribution >= 4 is 17.8 Å². The first-order chi connectivity index (χ1) is 8.63. The number of rotatable bonds is 6. The first-order valence-electron chi connectivity index (χ1n) is 5.34. The molecule has 0 amide bonds. The Kier molecular flexibility index (Phi) is 5.44. The van der Waals surface area contributed by atoms with Crippen LogP contribution in [0.5, 0.6) is 5.75 Å².